The maximum absolute atomic E-state index is 14.5. The summed E-state index contributed by atoms with van der Waals surface area (Å²) < 4.78 is 162. The molecule has 5 heterocycles. The normalized spacial score (nSPS) is 11.6. The molecule has 17 nitrogen and oxygen atoms in total. The summed E-state index contributed by atoms with van der Waals surface area (Å²) in [5, 5.41) is 42.6. The quantitative estimate of drug-likeness (QED) is 0.0182. The Hall–Kier alpha value is -9.30. The zero-order chi connectivity index (χ0) is 72.9. The monoisotopic (exact) mass is 1430 g/mol. The van der Waals surface area contributed by atoms with E-state index in [9.17, 15) is 67.4 Å². The lowest BCUT2D eigenvalue weighted by atomic mass is 9.80. The molecule has 8 rings (SSSR count). The lowest BCUT2D eigenvalue weighted by Crippen LogP contribution is -2.33. The number of amides is 1. The average molecular weight is 1430 g/mol. The number of alkyl halides is 9. The number of benzene rings is 3. The van der Waals surface area contributed by atoms with Crippen LogP contribution < -0.4 is 36.0 Å². The lowest BCUT2D eigenvalue weighted by molar-refractivity contribution is -0.275. The van der Waals surface area contributed by atoms with Gasteiger partial charge in [-0.1, -0.05) is 54.5 Å². The Labute approximate surface area is 562 Å². The molecule has 0 radical (unpaired) electrons. The van der Waals surface area contributed by atoms with Gasteiger partial charge in [0.15, 0.2) is 5.78 Å². The molecule has 2 atom stereocenters. The summed E-state index contributed by atoms with van der Waals surface area (Å²) in [5.74, 6) is -4.98. The van der Waals surface area contributed by atoms with Crippen LogP contribution >= 0.6 is 34.8 Å². The second kappa shape index (κ2) is 36.2. The number of hydrogen-bond donors (Lipinski definition) is 7. The number of allylic oxidation sites excluding steroid dienone is 3. The van der Waals surface area contributed by atoms with Crippen molar-refractivity contribution in [2.24, 2.45) is 0 Å². The van der Waals surface area contributed by atoms with Gasteiger partial charge in [-0.05, 0) is 143 Å². The van der Waals surface area contributed by atoms with Crippen LogP contribution in [0.25, 0.3) is 39.2 Å². The number of aliphatic hydroxyl groups is 2. The molecule has 5 aromatic heterocycles. The van der Waals surface area contributed by atoms with Crippen molar-refractivity contribution in [3.63, 3.8) is 0 Å². The number of nitrogens with zero attached hydrogens (tertiary/aromatic N) is 5. The van der Waals surface area contributed by atoms with E-state index in [1.54, 1.807) is 45.3 Å². The van der Waals surface area contributed by atoms with Crippen LogP contribution in [0.4, 0.5) is 69.7 Å². The van der Waals surface area contributed by atoms with Crippen molar-refractivity contribution in [3.8, 4) is 39.8 Å². The molecule has 0 saturated heterocycles. The fourth-order valence-corrected chi connectivity index (χ4v) is 8.49. The summed E-state index contributed by atoms with van der Waals surface area (Å²) in [6.07, 6.45) is -4.98. The van der Waals surface area contributed by atoms with Crippen LogP contribution in [0.1, 0.15) is 84.9 Å². The maximum Gasteiger partial charge on any atom is 0.573 e. The maximum atomic E-state index is 14.5. The molecule has 0 aliphatic rings. The zero-order valence-corrected chi connectivity index (χ0v) is 53.7. The summed E-state index contributed by atoms with van der Waals surface area (Å²) in [7, 11) is -2.19. The average Bonchev–Trinajstić information content (AvgIpc) is 0.843. The number of anilines is 3. The van der Waals surface area contributed by atoms with E-state index in [1.165, 1.54) is 56.1 Å². The van der Waals surface area contributed by atoms with Gasteiger partial charge in [-0.15, -0.1) is 39.5 Å². The first-order valence-corrected chi connectivity index (χ1v) is 28.8. The summed E-state index contributed by atoms with van der Waals surface area (Å²) in [6.45, 7) is 19.9. The van der Waals surface area contributed by atoms with Gasteiger partial charge in [-0.25, -0.2) is 18.2 Å². The molecule has 0 aliphatic carbocycles. The summed E-state index contributed by atoms with van der Waals surface area (Å²) in [4.78, 5) is 44.0. The SMILES string of the molecule is C=C(C)c1cnc(-c2cc(OC(F)(F)F)ccc2F)cc1Cl.C=C(C)c1cnc(-c2cc(OC(F)(F)F)ccc2F)cc1Nc1ccncc1C(=O)NC[C@H](C)O.C=C(C)c1cnc(Cl)cc1Cl.C[C@H](O)CCC(=O)c1cnccc1N.OB(O)c1cc(OC(F)(F)F)ccc1F. The molecule has 0 fully saturated rings. The zero-order valence-electron chi connectivity index (χ0n) is 51.4. The molecular formula is C64H58BCl3F12N8O9. The number of ether oxygens (including phenoxy) is 3. The number of carbonyl (C=O) groups excluding carboxylic acids is 2. The number of aromatic nitrogens is 5. The molecule has 8 aromatic rings. The van der Waals surface area contributed by atoms with E-state index in [2.05, 4.69) is 69.5 Å². The number of pyridine rings is 5. The van der Waals surface area contributed by atoms with Gasteiger partial charge < -0.3 is 50.8 Å². The van der Waals surface area contributed by atoms with Gasteiger partial charge in [0.05, 0.1) is 50.5 Å². The fourth-order valence-electron chi connectivity index (χ4n) is 7.65. The third-order valence-corrected chi connectivity index (χ3v) is 13.0. The molecule has 33 heteroatoms. The first-order chi connectivity index (χ1) is 45.1. The summed E-state index contributed by atoms with van der Waals surface area (Å²) in [6, 6.07) is 14.8. The van der Waals surface area contributed by atoms with Crippen molar-refractivity contribution < 1.29 is 96.7 Å². The van der Waals surface area contributed by atoms with Crippen LogP contribution in [-0.2, 0) is 0 Å². The van der Waals surface area contributed by atoms with Crippen LogP contribution in [0.15, 0.2) is 148 Å². The predicted octanol–water partition coefficient (Wildman–Crippen LogP) is 15.4. The van der Waals surface area contributed by atoms with Crippen LogP contribution in [0.5, 0.6) is 17.2 Å². The Bertz CT molecular complexity index is 4080. The standard InChI is InChI=1S/C24H22F4N4O3.C15H10ClF4NO.C10H14N2O2.C8H7Cl2N.C7H5BF4O3/c1-13(2)17-12-30-21(16-8-15(4-5-19(16)25)35-24(26,27)28)9-22(17)32-20-6-7-29-11-18(20)23(34)31-10-14(3)33;1-8(2)11-7-21-14(6-12(11)16)10-5-9(3-4-13(10)17)22-15(18,19)20;1-7(13)2-3-10(14)8-6-12-5-4-9(8)11;1-5(2)6-4-11-8(10)3-7(6)9;9-6-2-1-4(15-7(10,11)12)3-5(6)8(13)14/h4-9,11-12,14,33H,1,10H2,2-3H3,(H,31,34)(H,29,30,32);3-7H,1H2,2H3;4-7,13H,2-3H2,1H3,(H2,11,12);3-4H,1H2,2H3;1-3,13-14H/t14-;;7-;;/m0.0../s1. The van der Waals surface area contributed by atoms with Gasteiger partial charge in [0.25, 0.3) is 5.91 Å². The van der Waals surface area contributed by atoms with Crippen molar-refractivity contribution in [2.75, 3.05) is 17.6 Å². The van der Waals surface area contributed by atoms with Gasteiger partial charge in [0, 0.05) is 101 Å². The van der Waals surface area contributed by atoms with Gasteiger partial charge in [0.2, 0.25) is 0 Å². The van der Waals surface area contributed by atoms with Crippen LogP contribution in [0, 0.1) is 17.5 Å². The summed E-state index contributed by atoms with van der Waals surface area (Å²) >= 11 is 17.5. The minimum Gasteiger partial charge on any atom is -0.423 e. The third-order valence-electron chi connectivity index (χ3n) is 12.2. The molecule has 0 aliphatic heterocycles. The van der Waals surface area contributed by atoms with E-state index in [0.717, 1.165) is 53.6 Å². The van der Waals surface area contributed by atoms with Crippen molar-refractivity contribution in [2.45, 2.75) is 78.8 Å². The number of rotatable bonds is 18. The number of nitrogens with one attached hydrogen (secondary N) is 2. The Morgan fingerprint density at radius 2 is 1.01 bits per heavy atom. The second-order valence-electron chi connectivity index (χ2n) is 20.4. The number of halogens is 15. The van der Waals surface area contributed by atoms with Crippen LogP contribution in [-0.4, -0.2) is 102 Å². The fraction of sp³-hybridized carbons (Fsp3) is 0.203. The minimum absolute atomic E-state index is 0.0248. The van der Waals surface area contributed by atoms with E-state index in [0.29, 0.717) is 80.0 Å². The number of carbonyl (C=O) groups is 2. The lowest BCUT2D eigenvalue weighted by Gasteiger charge is -2.17. The van der Waals surface area contributed by atoms with Gasteiger partial charge in [-0.2, -0.15) is 0 Å². The first-order valence-electron chi connectivity index (χ1n) is 27.7. The molecule has 3 aromatic carbocycles. The van der Waals surface area contributed by atoms with E-state index < -0.39 is 84.5 Å². The number of Topliss-reactive ketones (excluding diaryl/α,β-unsaturated/α-hetero) is 1. The highest BCUT2D eigenvalue weighted by Crippen LogP contribution is 2.36. The second-order valence-corrected chi connectivity index (χ2v) is 21.6. The topological polar surface area (TPSA) is 257 Å². The van der Waals surface area contributed by atoms with E-state index in [1.807, 2.05) is 6.92 Å². The molecule has 97 heavy (non-hydrogen) atoms. The summed E-state index contributed by atoms with van der Waals surface area (Å²) in [5.41, 5.74) is 10.6. The molecule has 0 unspecified atom stereocenters. The molecule has 0 saturated carbocycles. The molecule has 1 amide bonds. The minimum atomic E-state index is -4.94. The smallest absolute Gasteiger partial charge is 0.423 e. The van der Waals surface area contributed by atoms with Crippen molar-refractivity contribution >= 4 is 92.9 Å². The first kappa shape index (κ1) is 80.1. The van der Waals surface area contributed by atoms with Gasteiger partial charge in [0.1, 0.15) is 39.9 Å². The van der Waals surface area contributed by atoms with Crippen LogP contribution in [0.2, 0.25) is 15.2 Å². The largest absolute Gasteiger partial charge is 0.573 e. The number of nitrogen functional groups attached to an aromatic ring is 1. The van der Waals surface area contributed by atoms with Crippen molar-refractivity contribution in [1.29, 1.82) is 0 Å². The molecule has 8 N–H and O–H groups in total. The van der Waals surface area contributed by atoms with E-state index >= 15 is 0 Å². The number of hydrogen-bond acceptors (Lipinski definition) is 16. The Balaban J connectivity index is 0.000000277. The number of aliphatic hydroxyl groups excluding tert-OH is 2. The highest BCUT2D eigenvalue weighted by atomic mass is 35.5. The highest BCUT2D eigenvalue weighted by molar-refractivity contribution is 6.58. The van der Waals surface area contributed by atoms with Crippen LogP contribution in [0.3, 0.4) is 0 Å². The molecule has 0 bridgehead atoms. The van der Waals surface area contributed by atoms with E-state index in [4.69, 9.17) is 55.7 Å². The van der Waals surface area contributed by atoms with Crippen molar-refractivity contribution in [1.82, 2.24) is 30.2 Å². The van der Waals surface area contributed by atoms with E-state index in [-0.39, 0.29) is 45.4 Å². The Morgan fingerprint density at radius 1 is 0.567 bits per heavy atom. The van der Waals surface area contributed by atoms with Gasteiger partial charge in [-0.3, -0.25) is 29.5 Å². The molecule has 516 valence electrons. The Morgan fingerprint density at radius 3 is 1.45 bits per heavy atom. The highest BCUT2D eigenvalue weighted by Gasteiger charge is 2.34. The third kappa shape index (κ3) is 27.0. The molecule has 0 spiro atoms. The van der Waals surface area contributed by atoms with Crippen molar-refractivity contribution in [3.05, 3.63) is 209 Å². The predicted molar refractivity (Wildman–Crippen MR) is 344 cm³/mol. The number of nitrogens with two attached hydrogens (primary N) is 1. The number of ketones is 1. The van der Waals surface area contributed by atoms with Gasteiger partial charge >= 0.3 is 26.2 Å². The Kier molecular flexibility index (Phi) is 29.9. The molecular weight excluding hydrogens is 1370 g/mol.